The number of benzene rings is 2. The fourth-order valence-corrected chi connectivity index (χ4v) is 2.85. The van der Waals surface area contributed by atoms with Gasteiger partial charge in [0.15, 0.2) is 0 Å². The Morgan fingerprint density at radius 1 is 1.19 bits per heavy atom. The zero-order valence-electron chi connectivity index (χ0n) is 13.8. The maximum Gasteiger partial charge on any atom is 0.338 e. The van der Waals surface area contributed by atoms with Gasteiger partial charge in [-0.25, -0.2) is 14.5 Å². The van der Waals surface area contributed by atoms with Gasteiger partial charge in [-0.3, -0.25) is 9.78 Å². The fraction of sp³-hybridized carbons (Fsp3) is 0.0526. The predicted octanol–water partition coefficient (Wildman–Crippen LogP) is 2.78. The van der Waals surface area contributed by atoms with Gasteiger partial charge in [0.1, 0.15) is 0 Å². The minimum atomic E-state index is -1.10. The van der Waals surface area contributed by atoms with E-state index in [9.17, 15) is 9.59 Å². The quantitative estimate of drug-likeness (QED) is 0.594. The van der Waals surface area contributed by atoms with Crippen molar-refractivity contribution in [1.82, 2.24) is 19.7 Å². The maximum absolute atomic E-state index is 12.4. The monoisotopic (exact) mass is 346 g/mol. The highest BCUT2D eigenvalue weighted by atomic mass is 16.4. The highest BCUT2D eigenvalue weighted by Crippen LogP contribution is 2.25. The summed E-state index contributed by atoms with van der Waals surface area (Å²) in [6, 6.07) is 13.4. The molecule has 0 atom stereocenters. The number of nitrogens with one attached hydrogen (secondary N) is 1. The van der Waals surface area contributed by atoms with Crippen LogP contribution in [0, 0.1) is 6.92 Å². The second-order valence-electron chi connectivity index (χ2n) is 5.92. The molecule has 2 aromatic heterocycles. The van der Waals surface area contributed by atoms with Crippen LogP contribution in [0.15, 0.2) is 59.7 Å². The molecule has 0 aliphatic carbocycles. The summed E-state index contributed by atoms with van der Waals surface area (Å²) < 4.78 is 1.24. The smallest absolute Gasteiger partial charge is 0.338 e. The highest BCUT2D eigenvalue weighted by molar-refractivity contribution is 5.87. The van der Waals surface area contributed by atoms with E-state index < -0.39 is 5.97 Å². The molecule has 2 heterocycles. The molecule has 7 nitrogen and oxygen atoms in total. The normalized spacial score (nSPS) is 11.0. The molecule has 128 valence electrons. The minimum absolute atomic E-state index is 0.0152. The van der Waals surface area contributed by atoms with Crippen molar-refractivity contribution in [3.05, 3.63) is 76.3 Å². The summed E-state index contributed by atoms with van der Waals surface area (Å²) in [6.45, 7) is 2.02. The van der Waals surface area contributed by atoms with Gasteiger partial charge in [-0.1, -0.05) is 30.3 Å². The summed E-state index contributed by atoms with van der Waals surface area (Å²) in [5.41, 5.74) is 3.35. The summed E-state index contributed by atoms with van der Waals surface area (Å²) in [4.78, 5) is 30.5. The third-order valence-electron chi connectivity index (χ3n) is 4.20. The van der Waals surface area contributed by atoms with Crippen molar-refractivity contribution in [1.29, 1.82) is 0 Å². The Bertz CT molecular complexity index is 1210. The number of aromatic carboxylic acids is 1. The zero-order valence-corrected chi connectivity index (χ0v) is 13.8. The molecule has 0 radical (unpaired) electrons. The second kappa shape index (κ2) is 5.96. The topological polar surface area (TPSA) is 101 Å². The fourth-order valence-electron chi connectivity index (χ4n) is 2.85. The molecule has 0 fully saturated rings. The van der Waals surface area contributed by atoms with Crippen molar-refractivity contribution in [2.45, 2.75) is 6.92 Å². The number of fused-ring (bicyclic) bond motifs is 1. The third-order valence-corrected chi connectivity index (χ3v) is 4.20. The lowest BCUT2D eigenvalue weighted by atomic mass is 10.00. The Balaban J connectivity index is 1.88. The van der Waals surface area contributed by atoms with Crippen molar-refractivity contribution >= 4 is 16.9 Å². The van der Waals surface area contributed by atoms with Gasteiger partial charge in [0.05, 0.1) is 22.7 Å². The lowest BCUT2D eigenvalue weighted by Gasteiger charge is -2.08. The van der Waals surface area contributed by atoms with Gasteiger partial charge in [0.2, 0.25) is 5.95 Å². The first-order valence-corrected chi connectivity index (χ1v) is 7.91. The van der Waals surface area contributed by atoms with Gasteiger partial charge in [-0.15, -0.1) is 0 Å². The van der Waals surface area contributed by atoms with Crippen molar-refractivity contribution in [2.75, 3.05) is 0 Å². The molecule has 4 rings (SSSR count). The largest absolute Gasteiger partial charge is 0.478 e. The Morgan fingerprint density at radius 2 is 2.00 bits per heavy atom. The van der Waals surface area contributed by atoms with Crippen LogP contribution in [0.1, 0.15) is 15.9 Å². The average molecular weight is 346 g/mol. The van der Waals surface area contributed by atoms with E-state index in [0.717, 1.165) is 16.7 Å². The van der Waals surface area contributed by atoms with Crippen molar-refractivity contribution < 1.29 is 9.90 Å². The summed E-state index contributed by atoms with van der Waals surface area (Å²) in [7, 11) is 0. The number of carboxylic acids is 1. The van der Waals surface area contributed by atoms with Gasteiger partial charge < -0.3 is 5.11 Å². The van der Waals surface area contributed by atoms with Crippen LogP contribution in [0.25, 0.3) is 28.0 Å². The molecule has 2 N–H and O–H groups in total. The lowest BCUT2D eigenvalue weighted by Crippen LogP contribution is -2.13. The van der Waals surface area contributed by atoms with Gasteiger partial charge >= 0.3 is 5.97 Å². The number of rotatable bonds is 3. The average Bonchev–Trinajstić information content (AvgIpc) is 3.12. The van der Waals surface area contributed by atoms with E-state index in [2.05, 4.69) is 15.1 Å². The summed E-state index contributed by atoms with van der Waals surface area (Å²) in [5.74, 6) is -0.932. The van der Waals surface area contributed by atoms with Crippen LogP contribution < -0.4 is 5.56 Å². The van der Waals surface area contributed by atoms with Crippen molar-refractivity contribution in [3.63, 3.8) is 0 Å². The summed E-state index contributed by atoms with van der Waals surface area (Å²) in [5, 5.41) is 13.4. The van der Waals surface area contributed by atoms with E-state index in [1.807, 2.05) is 43.3 Å². The van der Waals surface area contributed by atoms with E-state index in [1.165, 1.54) is 17.1 Å². The first kappa shape index (κ1) is 15.8. The minimum Gasteiger partial charge on any atom is -0.478 e. The van der Waals surface area contributed by atoms with E-state index in [1.54, 1.807) is 6.07 Å². The Hall–Kier alpha value is -3.74. The molecule has 0 saturated carbocycles. The van der Waals surface area contributed by atoms with E-state index in [-0.39, 0.29) is 17.1 Å². The number of H-pyrrole nitrogens is 1. The molecule has 0 saturated heterocycles. The van der Waals surface area contributed by atoms with Crippen LogP contribution in [-0.2, 0) is 0 Å². The van der Waals surface area contributed by atoms with E-state index in [4.69, 9.17) is 5.11 Å². The SMILES string of the molecule is Cc1ccccc1-c1ccc2c(=O)[nH]c(-n3cc(C(=O)O)cn3)nc2c1. The number of carbonyl (C=O) groups is 1. The van der Waals surface area contributed by atoms with Crippen LogP contribution >= 0.6 is 0 Å². The van der Waals surface area contributed by atoms with Crippen molar-refractivity contribution in [3.8, 4) is 17.1 Å². The maximum atomic E-state index is 12.4. The first-order valence-electron chi connectivity index (χ1n) is 7.91. The molecule has 7 heteroatoms. The summed E-state index contributed by atoms with van der Waals surface area (Å²) in [6.07, 6.45) is 2.51. The predicted molar refractivity (Wildman–Crippen MR) is 96.6 cm³/mol. The number of aromatic nitrogens is 4. The Morgan fingerprint density at radius 3 is 2.73 bits per heavy atom. The number of nitrogens with zero attached hydrogens (tertiary/aromatic N) is 3. The van der Waals surface area contributed by atoms with Crippen LogP contribution in [0.4, 0.5) is 0 Å². The molecule has 4 aromatic rings. The van der Waals surface area contributed by atoms with Gasteiger partial charge in [0.25, 0.3) is 5.56 Å². The molecule has 0 unspecified atom stereocenters. The molecule has 0 amide bonds. The van der Waals surface area contributed by atoms with Crippen molar-refractivity contribution in [2.24, 2.45) is 0 Å². The third kappa shape index (κ3) is 2.65. The Kier molecular flexibility index (Phi) is 3.62. The number of carboxylic acid groups (broad SMARTS) is 1. The molecule has 0 aliphatic heterocycles. The molecule has 0 aliphatic rings. The number of aromatic amines is 1. The van der Waals surface area contributed by atoms with Crippen LogP contribution in [-0.4, -0.2) is 30.8 Å². The molecule has 0 bridgehead atoms. The van der Waals surface area contributed by atoms with Crippen LogP contribution in [0.5, 0.6) is 0 Å². The standard InChI is InChI=1S/C19H14N4O3/c1-11-4-2-3-5-14(11)12-6-7-15-16(8-12)21-19(22-17(15)24)23-10-13(9-20-23)18(25)26/h2-10H,1H3,(H,25,26)(H,21,22,24). The first-order chi connectivity index (χ1) is 12.5. The number of aryl methyl sites for hydroxylation is 1. The van der Waals surface area contributed by atoms with Crippen LogP contribution in [0.2, 0.25) is 0 Å². The zero-order chi connectivity index (χ0) is 18.3. The molecule has 2 aromatic carbocycles. The lowest BCUT2D eigenvalue weighted by molar-refractivity contribution is 0.0697. The summed E-state index contributed by atoms with van der Waals surface area (Å²) >= 11 is 0. The molecular formula is C19H14N4O3. The molecule has 26 heavy (non-hydrogen) atoms. The molecule has 0 spiro atoms. The van der Waals surface area contributed by atoms with Gasteiger partial charge in [-0.2, -0.15) is 5.10 Å². The van der Waals surface area contributed by atoms with Gasteiger partial charge in [0, 0.05) is 6.20 Å². The number of hydrogen-bond acceptors (Lipinski definition) is 4. The highest BCUT2D eigenvalue weighted by Gasteiger charge is 2.11. The van der Waals surface area contributed by atoms with E-state index in [0.29, 0.717) is 10.9 Å². The van der Waals surface area contributed by atoms with E-state index >= 15 is 0 Å². The number of hydrogen-bond donors (Lipinski definition) is 2. The van der Waals surface area contributed by atoms with Gasteiger partial charge in [-0.05, 0) is 35.7 Å². The Labute approximate surface area is 147 Å². The molecular weight excluding hydrogens is 332 g/mol. The van der Waals surface area contributed by atoms with Crippen LogP contribution in [0.3, 0.4) is 0 Å². The second-order valence-corrected chi connectivity index (χ2v) is 5.92.